The van der Waals surface area contributed by atoms with E-state index in [1.165, 1.54) is 6.20 Å². The second-order valence-electron chi connectivity index (χ2n) is 4.29. The van der Waals surface area contributed by atoms with Crippen molar-refractivity contribution >= 4 is 17.5 Å². The fraction of sp³-hybridized carbons (Fsp3) is 0.133. The van der Waals surface area contributed by atoms with Crippen LogP contribution in [-0.4, -0.2) is 23.3 Å². The first kappa shape index (κ1) is 13.7. The Kier molecular flexibility index (Phi) is 4.44. The molecule has 1 aromatic carbocycles. The maximum atomic E-state index is 11.8. The zero-order chi connectivity index (χ0) is 14.4. The number of rotatable bonds is 4. The lowest BCUT2D eigenvalue weighted by Crippen LogP contribution is -2.33. The molecular weight excluding hydrogens is 254 g/mol. The Morgan fingerprint density at radius 2 is 1.95 bits per heavy atom. The largest absolute Gasteiger partial charge is 0.343 e. The molecule has 0 saturated heterocycles. The highest BCUT2D eigenvalue weighted by atomic mass is 16.2. The number of nitrogens with zero attached hydrogens (tertiary/aromatic N) is 1. The second kappa shape index (κ2) is 6.47. The van der Waals surface area contributed by atoms with E-state index < -0.39 is 0 Å². The summed E-state index contributed by atoms with van der Waals surface area (Å²) in [6.45, 7) is 1.83. The Morgan fingerprint density at radius 1 is 1.15 bits per heavy atom. The summed E-state index contributed by atoms with van der Waals surface area (Å²) >= 11 is 0. The number of para-hydroxylation sites is 1. The van der Waals surface area contributed by atoms with Crippen LogP contribution in [-0.2, 0) is 4.79 Å². The highest BCUT2D eigenvalue weighted by molar-refractivity contribution is 5.99. The molecule has 20 heavy (non-hydrogen) atoms. The van der Waals surface area contributed by atoms with Gasteiger partial charge in [-0.3, -0.25) is 14.6 Å². The Bertz CT molecular complexity index is 612. The maximum Gasteiger partial charge on any atom is 0.253 e. The van der Waals surface area contributed by atoms with Gasteiger partial charge in [0, 0.05) is 18.1 Å². The third-order valence-corrected chi connectivity index (χ3v) is 2.75. The molecule has 5 nitrogen and oxygen atoms in total. The van der Waals surface area contributed by atoms with Gasteiger partial charge in [-0.1, -0.05) is 18.2 Å². The highest BCUT2D eigenvalue weighted by Gasteiger charge is 2.08. The van der Waals surface area contributed by atoms with Crippen LogP contribution in [0.3, 0.4) is 0 Å². The van der Waals surface area contributed by atoms with E-state index in [0.29, 0.717) is 5.56 Å². The molecule has 2 aromatic rings. The van der Waals surface area contributed by atoms with Crippen molar-refractivity contribution in [1.29, 1.82) is 0 Å². The molecule has 0 bridgehead atoms. The van der Waals surface area contributed by atoms with Gasteiger partial charge in [0.25, 0.3) is 5.91 Å². The Balaban J connectivity index is 1.87. The molecule has 0 spiro atoms. The van der Waals surface area contributed by atoms with Gasteiger partial charge in [-0.2, -0.15) is 0 Å². The van der Waals surface area contributed by atoms with Crippen molar-refractivity contribution in [2.75, 3.05) is 11.9 Å². The fourth-order valence-corrected chi connectivity index (χ4v) is 1.67. The van der Waals surface area contributed by atoms with Crippen LogP contribution in [0, 0.1) is 6.92 Å². The predicted molar refractivity (Wildman–Crippen MR) is 76.4 cm³/mol. The van der Waals surface area contributed by atoms with E-state index in [-0.39, 0.29) is 18.4 Å². The van der Waals surface area contributed by atoms with E-state index in [9.17, 15) is 9.59 Å². The van der Waals surface area contributed by atoms with Crippen molar-refractivity contribution in [3.05, 3.63) is 59.9 Å². The molecule has 1 heterocycles. The molecule has 102 valence electrons. The molecule has 0 fully saturated rings. The number of aromatic nitrogens is 1. The summed E-state index contributed by atoms with van der Waals surface area (Å²) in [5.41, 5.74) is 2.14. The predicted octanol–water partition coefficient (Wildman–Crippen LogP) is 1.76. The smallest absolute Gasteiger partial charge is 0.253 e. The van der Waals surface area contributed by atoms with E-state index >= 15 is 0 Å². The number of benzene rings is 1. The van der Waals surface area contributed by atoms with Crippen LogP contribution >= 0.6 is 0 Å². The zero-order valence-electron chi connectivity index (χ0n) is 11.1. The molecule has 0 saturated carbocycles. The quantitative estimate of drug-likeness (QED) is 0.888. The van der Waals surface area contributed by atoms with Gasteiger partial charge in [0.05, 0.1) is 12.1 Å². The number of hydrogen-bond acceptors (Lipinski definition) is 3. The van der Waals surface area contributed by atoms with Gasteiger partial charge in [-0.05, 0) is 30.7 Å². The van der Waals surface area contributed by atoms with Gasteiger partial charge in [0.15, 0.2) is 0 Å². The molecular formula is C15H15N3O2. The number of hydrogen-bond donors (Lipinski definition) is 2. The topological polar surface area (TPSA) is 71.1 Å². The lowest BCUT2D eigenvalue weighted by molar-refractivity contribution is -0.115. The lowest BCUT2D eigenvalue weighted by Gasteiger charge is -2.08. The van der Waals surface area contributed by atoms with Crippen molar-refractivity contribution in [1.82, 2.24) is 10.3 Å². The molecule has 1 aromatic heterocycles. The summed E-state index contributed by atoms with van der Waals surface area (Å²) in [7, 11) is 0. The van der Waals surface area contributed by atoms with Crippen LogP contribution in [0.15, 0.2) is 48.8 Å². The molecule has 5 heteroatoms. The number of carbonyl (C=O) groups excluding carboxylic acids is 2. The first-order valence-electron chi connectivity index (χ1n) is 6.20. The first-order chi connectivity index (χ1) is 9.66. The summed E-state index contributed by atoms with van der Waals surface area (Å²) in [4.78, 5) is 27.3. The maximum absolute atomic E-state index is 11.8. The van der Waals surface area contributed by atoms with Crippen LogP contribution in [0.5, 0.6) is 0 Å². The molecule has 0 aliphatic rings. The van der Waals surface area contributed by atoms with Gasteiger partial charge in [-0.15, -0.1) is 0 Å². The Morgan fingerprint density at radius 3 is 2.65 bits per heavy atom. The summed E-state index contributed by atoms with van der Waals surface area (Å²) in [5, 5.41) is 5.30. The van der Waals surface area contributed by atoms with Crippen molar-refractivity contribution in [2.45, 2.75) is 6.92 Å². The summed E-state index contributed by atoms with van der Waals surface area (Å²) in [6.07, 6.45) is 3.04. The summed E-state index contributed by atoms with van der Waals surface area (Å²) < 4.78 is 0. The number of amides is 2. The normalized spacial score (nSPS) is 9.85. The van der Waals surface area contributed by atoms with Crippen molar-refractivity contribution < 1.29 is 9.59 Å². The molecule has 2 amide bonds. The SMILES string of the molecule is Cc1ccccc1NC(=O)CNC(=O)c1cccnc1. The third-order valence-electron chi connectivity index (χ3n) is 2.75. The molecule has 0 aliphatic heterocycles. The number of pyridine rings is 1. The minimum atomic E-state index is -0.321. The standard InChI is InChI=1S/C15H15N3O2/c1-11-5-2-3-7-13(11)18-14(19)10-17-15(20)12-6-4-8-16-9-12/h2-9H,10H2,1H3,(H,17,20)(H,18,19). The lowest BCUT2D eigenvalue weighted by atomic mass is 10.2. The fourth-order valence-electron chi connectivity index (χ4n) is 1.67. The van der Waals surface area contributed by atoms with E-state index in [0.717, 1.165) is 11.3 Å². The molecule has 2 rings (SSSR count). The number of anilines is 1. The van der Waals surface area contributed by atoms with Crippen molar-refractivity contribution in [3.8, 4) is 0 Å². The number of aryl methyl sites for hydroxylation is 1. The van der Waals surface area contributed by atoms with Crippen LogP contribution in [0.2, 0.25) is 0 Å². The van der Waals surface area contributed by atoms with E-state index in [4.69, 9.17) is 0 Å². The number of nitrogens with one attached hydrogen (secondary N) is 2. The Hall–Kier alpha value is -2.69. The average Bonchev–Trinajstić information content (AvgIpc) is 2.48. The highest BCUT2D eigenvalue weighted by Crippen LogP contribution is 2.12. The van der Waals surface area contributed by atoms with Gasteiger partial charge < -0.3 is 10.6 Å². The minimum absolute atomic E-state index is 0.0813. The molecule has 2 N–H and O–H groups in total. The first-order valence-corrected chi connectivity index (χ1v) is 6.20. The third kappa shape index (κ3) is 3.65. The monoisotopic (exact) mass is 269 g/mol. The van der Waals surface area contributed by atoms with Crippen LogP contribution in [0.25, 0.3) is 0 Å². The molecule has 0 radical (unpaired) electrons. The van der Waals surface area contributed by atoms with Crippen LogP contribution in [0.1, 0.15) is 15.9 Å². The second-order valence-corrected chi connectivity index (χ2v) is 4.29. The van der Waals surface area contributed by atoms with Gasteiger partial charge in [-0.25, -0.2) is 0 Å². The molecule has 0 aliphatic carbocycles. The van der Waals surface area contributed by atoms with Gasteiger partial charge in [0.1, 0.15) is 0 Å². The van der Waals surface area contributed by atoms with E-state index in [1.54, 1.807) is 18.3 Å². The Labute approximate surface area is 117 Å². The van der Waals surface area contributed by atoms with Gasteiger partial charge >= 0.3 is 0 Å². The molecule has 0 unspecified atom stereocenters. The number of carbonyl (C=O) groups is 2. The van der Waals surface area contributed by atoms with E-state index in [2.05, 4.69) is 15.6 Å². The minimum Gasteiger partial charge on any atom is -0.343 e. The van der Waals surface area contributed by atoms with Crippen LogP contribution < -0.4 is 10.6 Å². The zero-order valence-corrected chi connectivity index (χ0v) is 11.1. The van der Waals surface area contributed by atoms with Crippen LogP contribution in [0.4, 0.5) is 5.69 Å². The summed E-state index contributed by atoms with van der Waals surface area (Å²) in [6, 6.07) is 10.8. The summed E-state index contributed by atoms with van der Waals surface area (Å²) in [5.74, 6) is -0.588. The average molecular weight is 269 g/mol. The van der Waals surface area contributed by atoms with Crippen molar-refractivity contribution in [3.63, 3.8) is 0 Å². The molecule has 0 atom stereocenters. The van der Waals surface area contributed by atoms with Gasteiger partial charge in [0.2, 0.25) is 5.91 Å². The van der Waals surface area contributed by atoms with Crippen molar-refractivity contribution in [2.24, 2.45) is 0 Å². The van der Waals surface area contributed by atoms with E-state index in [1.807, 2.05) is 31.2 Å².